The fourth-order valence-electron chi connectivity index (χ4n) is 2.67. The smallest absolute Gasteiger partial charge is 0.303 e. The number of carboxylic acid groups (broad SMARTS) is 1. The van der Waals surface area contributed by atoms with Crippen LogP contribution in [0.4, 0.5) is 0 Å². The fourth-order valence-corrected chi connectivity index (χ4v) is 2.67. The third-order valence-electron chi connectivity index (χ3n) is 4.07. The van der Waals surface area contributed by atoms with Crippen LogP contribution in [0.2, 0.25) is 0 Å². The summed E-state index contributed by atoms with van der Waals surface area (Å²) in [5.74, 6) is -0.678. The van der Waals surface area contributed by atoms with Crippen LogP contribution in [-0.2, 0) is 4.79 Å². The molecule has 1 radical (unpaired) electrons. The van der Waals surface area contributed by atoms with E-state index in [1.165, 1.54) is 51.4 Å². The molecule has 0 bridgehead atoms. The van der Waals surface area contributed by atoms with Gasteiger partial charge in [0.15, 0.2) is 0 Å². The van der Waals surface area contributed by atoms with Crippen molar-refractivity contribution in [2.45, 2.75) is 109 Å². The first-order valence-electron chi connectivity index (χ1n) is 9.06. The predicted molar refractivity (Wildman–Crippen MR) is 94.3 cm³/mol. The van der Waals surface area contributed by atoms with Gasteiger partial charge < -0.3 is 10.2 Å². The Morgan fingerprint density at radius 2 is 1.18 bits per heavy atom. The van der Waals surface area contributed by atoms with Gasteiger partial charge in [-0.25, -0.2) is 0 Å². The Labute approximate surface area is 159 Å². The number of hydrogen-bond donors (Lipinski definition) is 2. The second-order valence-corrected chi connectivity index (χ2v) is 6.26. The fraction of sp³-hybridized carbons (Fsp3) is 0.944. The van der Waals surface area contributed by atoms with E-state index < -0.39 is 5.97 Å². The van der Waals surface area contributed by atoms with E-state index in [0.29, 0.717) is 6.42 Å². The molecule has 0 fully saturated rings. The Balaban J connectivity index is 0. The topological polar surface area (TPSA) is 57.5 Å². The monoisotopic (exact) mass is 323 g/mol. The number of aliphatic hydroxyl groups excluding tert-OH is 1. The van der Waals surface area contributed by atoms with E-state index in [1.54, 1.807) is 0 Å². The van der Waals surface area contributed by atoms with Crippen LogP contribution in [-0.4, -0.2) is 51.8 Å². The molecule has 4 heteroatoms. The molecule has 127 valence electrons. The summed E-state index contributed by atoms with van der Waals surface area (Å²) in [5, 5.41) is 18.4. The summed E-state index contributed by atoms with van der Waals surface area (Å²) < 4.78 is 0. The second kappa shape index (κ2) is 19.5. The number of aliphatic hydroxyl groups is 1. The average Bonchev–Trinajstić information content (AvgIpc) is 2.45. The molecule has 0 aromatic rings. The van der Waals surface area contributed by atoms with E-state index in [9.17, 15) is 9.90 Å². The maximum Gasteiger partial charge on any atom is 0.303 e. The van der Waals surface area contributed by atoms with Gasteiger partial charge in [-0.15, -0.1) is 0 Å². The summed E-state index contributed by atoms with van der Waals surface area (Å²) in [4.78, 5) is 10.3. The molecule has 1 atom stereocenters. The van der Waals surface area contributed by atoms with Gasteiger partial charge >= 0.3 is 5.97 Å². The number of carbonyl (C=O) groups is 1. The number of rotatable bonds is 16. The van der Waals surface area contributed by atoms with Gasteiger partial charge in [0.2, 0.25) is 0 Å². The summed E-state index contributed by atoms with van der Waals surface area (Å²) in [5.41, 5.74) is 0. The number of aliphatic carboxylic acids is 1. The van der Waals surface area contributed by atoms with Crippen molar-refractivity contribution in [1.82, 2.24) is 0 Å². The van der Waals surface area contributed by atoms with Crippen LogP contribution >= 0.6 is 0 Å². The van der Waals surface area contributed by atoms with Gasteiger partial charge in [0.05, 0.1) is 6.10 Å². The predicted octanol–water partition coefficient (Wildman–Crippen LogP) is 4.92. The quantitative estimate of drug-likeness (QED) is 0.313. The number of unbranched alkanes of at least 4 members (excludes halogenated alkanes) is 10. The molecule has 3 nitrogen and oxygen atoms in total. The van der Waals surface area contributed by atoms with E-state index in [2.05, 4.69) is 6.92 Å². The van der Waals surface area contributed by atoms with Gasteiger partial charge in [0.1, 0.15) is 0 Å². The maximum atomic E-state index is 10.3. The van der Waals surface area contributed by atoms with Crippen molar-refractivity contribution >= 4 is 35.5 Å². The molecule has 2 N–H and O–H groups in total. The largest absolute Gasteiger partial charge is 0.481 e. The standard InChI is InChI=1S/C18H36O3.Na/c1-2-3-4-11-14-17(19)15-12-9-7-5-6-8-10-13-16-18(20)21;/h17,19H,2-16H2,1H3,(H,20,21);. The molecule has 0 saturated heterocycles. The molecule has 0 aliphatic rings. The second-order valence-electron chi connectivity index (χ2n) is 6.26. The Bertz CT molecular complexity index is 234. The first-order valence-corrected chi connectivity index (χ1v) is 9.06. The van der Waals surface area contributed by atoms with E-state index in [0.717, 1.165) is 38.5 Å². The number of hydrogen-bond acceptors (Lipinski definition) is 2. The van der Waals surface area contributed by atoms with Crippen LogP contribution in [0, 0.1) is 0 Å². The molecule has 0 aromatic heterocycles. The molecule has 0 aliphatic heterocycles. The van der Waals surface area contributed by atoms with Crippen LogP contribution in [0.1, 0.15) is 103 Å². The van der Waals surface area contributed by atoms with Crippen LogP contribution in [0.3, 0.4) is 0 Å². The van der Waals surface area contributed by atoms with Gasteiger partial charge in [-0.05, 0) is 19.3 Å². The third kappa shape index (κ3) is 20.4. The molecule has 0 saturated carbocycles. The summed E-state index contributed by atoms with van der Waals surface area (Å²) in [6.45, 7) is 2.21. The van der Waals surface area contributed by atoms with E-state index >= 15 is 0 Å². The van der Waals surface area contributed by atoms with Crippen molar-refractivity contribution in [2.75, 3.05) is 0 Å². The first-order chi connectivity index (χ1) is 10.2. The Morgan fingerprint density at radius 3 is 1.64 bits per heavy atom. The van der Waals surface area contributed by atoms with Crippen molar-refractivity contribution < 1.29 is 15.0 Å². The molecule has 0 aromatic carbocycles. The van der Waals surface area contributed by atoms with Crippen LogP contribution in [0.5, 0.6) is 0 Å². The summed E-state index contributed by atoms with van der Waals surface area (Å²) in [6, 6.07) is 0. The number of carboxylic acids is 1. The van der Waals surface area contributed by atoms with Crippen LogP contribution in [0.15, 0.2) is 0 Å². The maximum absolute atomic E-state index is 10.3. The minimum atomic E-state index is -0.678. The van der Waals surface area contributed by atoms with E-state index in [1.807, 2.05) is 0 Å². The molecule has 1 unspecified atom stereocenters. The van der Waals surface area contributed by atoms with E-state index in [4.69, 9.17) is 5.11 Å². The minimum Gasteiger partial charge on any atom is -0.481 e. The minimum absolute atomic E-state index is 0. The van der Waals surface area contributed by atoms with Gasteiger partial charge in [-0.1, -0.05) is 77.6 Å². The van der Waals surface area contributed by atoms with E-state index in [-0.39, 0.29) is 35.7 Å². The van der Waals surface area contributed by atoms with Crippen molar-refractivity contribution in [3.05, 3.63) is 0 Å². The van der Waals surface area contributed by atoms with Gasteiger partial charge in [0, 0.05) is 36.0 Å². The van der Waals surface area contributed by atoms with Gasteiger partial charge in [-0.3, -0.25) is 4.79 Å². The Morgan fingerprint density at radius 1 is 0.773 bits per heavy atom. The van der Waals surface area contributed by atoms with Crippen molar-refractivity contribution in [3.8, 4) is 0 Å². The zero-order chi connectivity index (χ0) is 15.8. The third-order valence-corrected chi connectivity index (χ3v) is 4.07. The summed E-state index contributed by atoms with van der Waals surface area (Å²) >= 11 is 0. The first kappa shape index (κ1) is 24.7. The molecule has 0 spiro atoms. The summed E-state index contributed by atoms with van der Waals surface area (Å²) in [6.07, 6.45) is 16.3. The molecular weight excluding hydrogens is 287 g/mol. The Hall–Kier alpha value is 0.430. The normalized spacial score (nSPS) is 11.9. The van der Waals surface area contributed by atoms with Crippen molar-refractivity contribution in [3.63, 3.8) is 0 Å². The zero-order valence-corrected chi connectivity index (χ0v) is 17.0. The average molecular weight is 323 g/mol. The SMILES string of the molecule is CCCCCCC(O)CCCCCCCCCCC(=O)O.[Na]. The molecule has 0 amide bonds. The summed E-state index contributed by atoms with van der Waals surface area (Å²) in [7, 11) is 0. The van der Waals surface area contributed by atoms with Crippen molar-refractivity contribution in [2.24, 2.45) is 0 Å². The van der Waals surface area contributed by atoms with Gasteiger partial charge in [-0.2, -0.15) is 0 Å². The molecule has 0 aliphatic carbocycles. The van der Waals surface area contributed by atoms with Crippen LogP contribution in [0.25, 0.3) is 0 Å². The molecule has 0 rings (SSSR count). The van der Waals surface area contributed by atoms with Gasteiger partial charge in [0.25, 0.3) is 0 Å². The zero-order valence-electron chi connectivity index (χ0n) is 15.0. The molecule has 22 heavy (non-hydrogen) atoms. The molecule has 0 heterocycles. The Kier molecular flexibility index (Phi) is 21.8. The molecular formula is C18H36NaO3. The van der Waals surface area contributed by atoms with Crippen LogP contribution < -0.4 is 0 Å². The van der Waals surface area contributed by atoms with Crippen molar-refractivity contribution in [1.29, 1.82) is 0 Å².